The van der Waals surface area contributed by atoms with Gasteiger partial charge in [-0.1, -0.05) is 24.3 Å². The van der Waals surface area contributed by atoms with Crippen LogP contribution in [0, 0.1) is 11.3 Å². The van der Waals surface area contributed by atoms with E-state index in [9.17, 15) is 9.59 Å². The highest BCUT2D eigenvalue weighted by Crippen LogP contribution is 2.30. The molecule has 0 saturated carbocycles. The third kappa shape index (κ3) is 5.14. The zero-order valence-corrected chi connectivity index (χ0v) is 14.9. The van der Waals surface area contributed by atoms with Gasteiger partial charge in [0.2, 0.25) is 0 Å². The maximum Gasteiger partial charge on any atom is 0.344 e. The van der Waals surface area contributed by atoms with Crippen molar-refractivity contribution in [1.82, 2.24) is 5.32 Å². The minimum Gasteiger partial charge on any atom is -0.486 e. The third-order valence-corrected chi connectivity index (χ3v) is 3.81. The lowest BCUT2D eigenvalue weighted by atomic mass is 10.2. The van der Waals surface area contributed by atoms with Gasteiger partial charge in [0.05, 0.1) is 12.1 Å². The number of rotatable bonds is 7. The molecule has 1 N–H and O–H groups in total. The van der Waals surface area contributed by atoms with Crippen molar-refractivity contribution < 1.29 is 28.5 Å². The monoisotopic (exact) mass is 382 g/mol. The number of hydrogen-bond donors (Lipinski definition) is 1. The van der Waals surface area contributed by atoms with Gasteiger partial charge in [-0.15, -0.1) is 0 Å². The van der Waals surface area contributed by atoms with Gasteiger partial charge >= 0.3 is 5.97 Å². The SMILES string of the molecule is N#Cc1ccccc1OCC(=O)OCC(=O)NC[C@H]1COc2ccccc2O1. The van der Waals surface area contributed by atoms with E-state index in [0.717, 1.165) is 0 Å². The van der Waals surface area contributed by atoms with E-state index in [0.29, 0.717) is 23.7 Å². The first-order valence-electron chi connectivity index (χ1n) is 8.58. The Morgan fingerprint density at radius 2 is 1.86 bits per heavy atom. The summed E-state index contributed by atoms with van der Waals surface area (Å²) in [6, 6.07) is 15.8. The second-order valence-electron chi connectivity index (χ2n) is 5.86. The molecule has 0 radical (unpaired) electrons. The van der Waals surface area contributed by atoms with E-state index in [2.05, 4.69) is 5.32 Å². The highest BCUT2D eigenvalue weighted by atomic mass is 16.6. The van der Waals surface area contributed by atoms with Gasteiger partial charge in [0.15, 0.2) is 24.7 Å². The van der Waals surface area contributed by atoms with Gasteiger partial charge in [-0.3, -0.25) is 4.79 Å². The van der Waals surface area contributed by atoms with Crippen molar-refractivity contribution in [2.75, 3.05) is 26.4 Å². The van der Waals surface area contributed by atoms with Crippen LogP contribution in [0.5, 0.6) is 17.2 Å². The maximum atomic E-state index is 11.8. The number of fused-ring (bicyclic) bond motifs is 1. The van der Waals surface area contributed by atoms with Crippen LogP contribution < -0.4 is 19.5 Å². The molecule has 2 aromatic carbocycles. The van der Waals surface area contributed by atoms with Crippen LogP contribution in [-0.2, 0) is 14.3 Å². The molecule has 1 atom stereocenters. The fourth-order valence-electron chi connectivity index (χ4n) is 2.45. The van der Waals surface area contributed by atoms with Gasteiger partial charge in [0.25, 0.3) is 5.91 Å². The molecule has 0 saturated heterocycles. The smallest absolute Gasteiger partial charge is 0.344 e. The number of nitrogens with one attached hydrogen (secondary N) is 1. The normalized spacial score (nSPS) is 14.5. The van der Waals surface area contributed by atoms with Gasteiger partial charge < -0.3 is 24.3 Å². The molecule has 28 heavy (non-hydrogen) atoms. The van der Waals surface area contributed by atoms with E-state index >= 15 is 0 Å². The molecule has 0 unspecified atom stereocenters. The summed E-state index contributed by atoms with van der Waals surface area (Å²) in [5, 5.41) is 11.6. The number of nitriles is 1. The molecule has 0 spiro atoms. The summed E-state index contributed by atoms with van der Waals surface area (Å²) in [5.41, 5.74) is 0.310. The summed E-state index contributed by atoms with van der Waals surface area (Å²) in [4.78, 5) is 23.6. The first-order valence-corrected chi connectivity index (χ1v) is 8.58. The molecule has 0 aromatic heterocycles. The van der Waals surface area contributed by atoms with Gasteiger partial charge in [0, 0.05) is 0 Å². The van der Waals surface area contributed by atoms with Crippen LogP contribution in [-0.4, -0.2) is 44.3 Å². The summed E-state index contributed by atoms with van der Waals surface area (Å²) in [6.07, 6.45) is -0.333. The van der Waals surface area contributed by atoms with E-state index < -0.39 is 25.1 Å². The van der Waals surface area contributed by atoms with Crippen molar-refractivity contribution in [2.45, 2.75) is 6.10 Å². The highest BCUT2D eigenvalue weighted by Gasteiger charge is 2.21. The number of nitrogens with zero attached hydrogens (tertiary/aromatic N) is 1. The Morgan fingerprint density at radius 3 is 2.68 bits per heavy atom. The van der Waals surface area contributed by atoms with Gasteiger partial charge in [-0.2, -0.15) is 5.26 Å². The van der Waals surface area contributed by atoms with Crippen molar-refractivity contribution >= 4 is 11.9 Å². The Balaban J connectivity index is 1.35. The summed E-state index contributed by atoms with van der Waals surface area (Å²) < 4.78 is 21.4. The molecule has 0 aliphatic carbocycles. The molecule has 0 bridgehead atoms. The Labute approximate surface area is 161 Å². The topological polar surface area (TPSA) is 107 Å². The molecular formula is C20H18N2O6. The summed E-state index contributed by atoms with van der Waals surface area (Å²) >= 11 is 0. The molecular weight excluding hydrogens is 364 g/mol. The van der Waals surface area contributed by atoms with E-state index in [4.69, 9.17) is 24.2 Å². The number of hydrogen-bond acceptors (Lipinski definition) is 7. The zero-order chi connectivity index (χ0) is 19.8. The average molecular weight is 382 g/mol. The summed E-state index contributed by atoms with van der Waals surface area (Å²) in [5.74, 6) is 0.384. The van der Waals surface area contributed by atoms with Crippen LogP contribution in [0.2, 0.25) is 0 Å². The second-order valence-corrected chi connectivity index (χ2v) is 5.86. The highest BCUT2D eigenvalue weighted by molar-refractivity contribution is 5.80. The van der Waals surface area contributed by atoms with Crippen LogP contribution in [0.4, 0.5) is 0 Å². The third-order valence-electron chi connectivity index (χ3n) is 3.81. The number of carbonyl (C=O) groups is 2. The Morgan fingerprint density at radius 1 is 1.11 bits per heavy atom. The van der Waals surface area contributed by atoms with E-state index in [1.807, 2.05) is 18.2 Å². The van der Waals surface area contributed by atoms with E-state index in [1.165, 1.54) is 0 Å². The Bertz CT molecular complexity index is 892. The van der Waals surface area contributed by atoms with Crippen molar-refractivity contribution in [2.24, 2.45) is 0 Å². The van der Waals surface area contributed by atoms with Crippen molar-refractivity contribution in [3.05, 3.63) is 54.1 Å². The maximum absolute atomic E-state index is 11.8. The number of ether oxygens (including phenoxy) is 4. The van der Waals surface area contributed by atoms with Crippen molar-refractivity contribution in [1.29, 1.82) is 5.26 Å². The fourth-order valence-corrected chi connectivity index (χ4v) is 2.45. The van der Waals surface area contributed by atoms with Gasteiger partial charge in [0.1, 0.15) is 24.5 Å². The molecule has 2 aromatic rings. The largest absolute Gasteiger partial charge is 0.486 e. The molecule has 1 amide bonds. The lowest BCUT2D eigenvalue weighted by Crippen LogP contribution is -2.42. The van der Waals surface area contributed by atoms with Crippen LogP contribution in [0.3, 0.4) is 0 Å². The first kappa shape index (κ1) is 19.0. The fraction of sp³-hybridized carbons (Fsp3) is 0.250. The van der Waals surface area contributed by atoms with Gasteiger partial charge in [-0.25, -0.2) is 4.79 Å². The Hall–Kier alpha value is -3.73. The first-order chi connectivity index (χ1) is 13.7. The molecule has 1 aliphatic rings. The predicted octanol–water partition coefficient (Wildman–Crippen LogP) is 1.44. The molecule has 0 fully saturated rings. The Kier molecular flexibility index (Phi) is 6.31. The second kappa shape index (κ2) is 9.28. The quantitative estimate of drug-likeness (QED) is 0.722. The average Bonchev–Trinajstić information content (AvgIpc) is 2.74. The molecule has 8 nitrogen and oxygen atoms in total. The van der Waals surface area contributed by atoms with Crippen molar-refractivity contribution in [3.63, 3.8) is 0 Å². The minimum atomic E-state index is -0.714. The van der Waals surface area contributed by atoms with E-state index in [-0.39, 0.29) is 18.4 Å². The minimum absolute atomic E-state index is 0.219. The van der Waals surface area contributed by atoms with Crippen LogP contribution in [0.25, 0.3) is 0 Å². The van der Waals surface area contributed by atoms with Gasteiger partial charge in [-0.05, 0) is 24.3 Å². The molecule has 3 rings (SSSR count). The molecule has 1 heterocycles. The summed E-state index contributed by atoms with van der Waals surface area (Å²) in [6.45, 7) is -0.311. The molecule has 8 heteroatoms. The number of esters is 1. The number of benzene rings is 2. The lowest BCUT2D eigenvalue weighted by Gasteiger charge is -2.26. The molecule has 144 valence electrons. The predicted molar refractivity (Wildman–Crippen MR) is 97.0 cm³/mol. The zero-order valence-electron chi connectivity index (χ0n) is 14.9. The van der Waals surface area contributed by atoms with Crippen LogP contribution in [0.15, 0.2) is 48.5 Å². The number of carbonyl (C=O) groups excluding carboxylic acids is 2. The molecule has 1 aliphatic heterocycles. The van der Waals surface area contributed by atoms with Crippen LogP contribution >= 0.6 is 0 Å². The standard InChI is InChI=1S/C20H18N2O6/c21-9-14-5-1-2-6-16(14)26-13-20(24)27-12-19(23)22-10-15-11-25-17-7-3-4-8-18(17)28-15/h1-8,15H,10-13H2,(H,22,23)/t15-/m0/s1. The van der Waals surface area contributed by atoms with Crippen LogP contribution in [0.1, 0.15) is 5.56 Å². The lowest BCUT2D eigenvalue weighted by molar-refractivity contribution is -0.150. The number of amides is 1. The summed E-state index contributed by atoms with van der Waals surface area (Å²) in [7, 11) is 0. The van der Waals surface area contributed by atoms with Crippen molar-refractivity contribution in [3.8, 4) is 23.3 Å². The number of para-hydroxylation sites is 3. The van der Waals surface area contributed by atoms with E-state index in [1.54, 1.807) is 36.4 Å².